The molecule has 0 aliphatic heterocycles. The smallest absolute Gasteiger partial charge is 0.220 e. The molecular formula is C12H24N2O3S. The lowest BCUT2D eigenvalue weighted by atomic mass is 9.85. The average molecular weight is 276 g/mol. The van der Waals surface area contributed by atoms with Crippen molar-refractivity contribution in [2.75, 3.05) is 18.1 Å². The molecule has 1 saturated carbocycles. The van der Waals surface area contributed by atoms with Crippen molar-refractivity contribution in [3.05, 3.63) is 0 Å². The quantitative estimate of drug-likeness (QED) is 0.661. The van der Waals surface area contributed by atoms with Crippen molar-refractivity contribution in [2.45, 2.75) is 45.1 Å². The third-order valence-corrected chi connectivity index (χ3v) is 5.42. The minimum atomic E-state index is -2.84. The molecule has 5 nitrogen and oxygen atoms in total. The Bertz CT molecular complexity index is 360. The summed E-state index contributed by atoms with van der Waals surface area (Å²) in [7, 11) is -2.84. The first-order chi connectivity index (χ1) is 8.44. The van der Waals surface area contributed by atoms with Gasteiger partial charge < -0.3 is 11.1 Å². The molecule has 0 bridgehead atoms. The summed E-state index contributed by atoms with van der Waals surface area (Å²) < 4.78 is 22.6. The van der Waals surface area contributed by atoms with Gasteiger partial charge in [-0.15, -0.1) is 0 Å². The zero-order valence-corrected chi connectivity index (χ0v) is 11.8. The van der Waals surface area contributed by atoms with Crippen molar-refractivity contribution in [2.24, 2.45) is 11.7 Å². The predicted octanol–water partition coefficient (Wildman–Crippen LogP) is 0.445. The van der Waals surface area contributed by atoms with Gasteiger partial charge in [0.05, 0.1) is 5.75 Å². The number of carbonyl (C=O) groups is 1. The van der Waals surface area contributed by atoms with Crippen LogP contribution in [0.4, 0.5) is 0 Å². The van der Waals surface area contributed by atoms with Crippen molar-refractivity contribution < 1.29 is 13.2 Å². The first-order valence-corrected chi connectivity index (χ1v) is 8.50. The predicted molar refractivity (Wildman–Crippen MR) is 71.9 cm³/mol. The summed E-state index contributed by atoms with van der Waals surface area (Å²) >= 11 is 0. The molecule has 0 atom stereocenters. The highest BCUT2D eigenvalue weighted by molar-refractivity contribution is 7.91. The highest BCUT2D eigenvalue weighted by Gasteiger charge is 2.24. The van der Waals surface area contributed by atoms with Gasteiger partial charge in [-0.25, -0.2) is 8.42 Å². The first kappa shape index (κ1) is 15.4. The third-order valence-electron chi connectivity index (χ3n) is 3.63. The number of sulfone groups is 1. The molecule has 0 heterocycles. The molecule has 1 aliphatic rings. The molecule has 0 aromatic heterocycles. The lowest BCUT2D eigenvalue weighted by Crippen LogP contribution is -2.37. The van der Waals surface area contributed by atoms with Crippen molar-refractivity contribution >= 4 is 15.7 Å². The normalized spacial score (nSPS) is 24.9. The number of nitrogens with one attached hydrogen (secondary N) is 1. The van der Waals surface area contributed by atoms with Crippen LogP contribution in [0, 0.1) is 5.92 Å². The van der Waals surface area contributed by atoms with Crippen LogP contribution in [0.5, 0.6) is 0 Å². The summed E-state index contributed by atoms with van der Waals surface area (Å²) in [5.74, 6) is 0.315. The number of hydrogen-bond donors (Lipinski definition) is 2. The maximum Gasteiger partial charge on any atom is 0.220 e. The van der Waals surface area contributed by atoms with E-state index in [0.717, 1.165) is 32.2 Å². The third kappa shape index (κ3) is 5.35. The molecule has 106 valence electrons. The largest absolute Gasteiger partial charge is 0.369 e. The van der Waals surface area contributed by atoms with Crippen LogP contribution in [-0.4, -0.2) is 38.4 Å². The van der Waals surface area contributed by atoms with E-state index in [1.165, 1.54) is 0 Å². The van der Waals surface area contributed by atoms with E-state index < -0.39 is 9.84 Å². The summed E-state index contributed by atoms with van der Waals surface area (Å²) in [6.45, 7) is 2.40. The van der Waals surface area contributed by atoms with E-state index in [-0.39, 0.29) is 23.3 Å². The van der Waals surface area contributed by atoms with Crippen LogP contribution in [0.25, 0.3) is 0 Å². The number of nitrogens with two attached hydrogens (primary N) is 1. The minimum absolute atomic E-state index is 0.0310. The van der Waals surface area contributed by atoms with E-state index in [4.69, 9.17) is 5.73 Å². The molecule has 0 unspecified atom stereocenters. The van der Waals surface area contributed by atoms with Gasteiger partial charge in [-0.05, 0) is 38.6 Å². The van der Waals surface area contributed by atoms with E-state index in [1.54, 1.807) is 6.92 Å². The highest BCUT2D eigenvalue weighted by atomic mass is 32.2. The number of hydrogen-bond acceptors (Lipinski definition) is 4. The molecule has 0 aromatic rings. The summed E-state index contributed by atoms with van der Waals surface area (Å²) in [6, 6.07) is 0.407. The van der Waals surface area contributed by atoms with Gasteiger partial charge in [0.2, 0.25) is 5.91 Å². The molecular weight excluding hydrogens is 252 g/mol. The Morgan fingerprint density at radius 2 is 1.89 bits per heavy atom. The summed E-state index contributed by atoms with van der Waals surface area (Å²) in [4.78, 5) is 11.0. The molecule has 0 spiro atoms. The van der Waals surface area contributed by atoms with Crippen molar-refractivity contribution in [1.82, 2.24) is 5.32 Å². The topological polar surface area (TPSA) is 89.3 Å². The molecule has 1 amide bonds. The zero-order valence-electron chi connectivity index (χ0n) is 11.0. The Morgan fingerprint density at radius 1 is 1.28 bits per heavy atom. The van der Waals surface area contributed by atoms with E-state index in [0.29, 0.717) is 12.5 Å². The Hall–Kier alpha value is -0.620. The number of amides is 1. The van der Waals surface area contributed by atoms with Crippen LogP contribution in [-0.2, 0) is 14.6 Å². The zero-order chi connectivity index (χ0) is 13.6. The van der Waals surface area contributed by atoms with Gasteiger partial charge in [-0.1, -0.05) is 6.92 Å². The summed E-state index contributed by atoms with van der Waals surface area (Å²) in [5.41, 5.74) is 5.27. The molecule has 1 fully saturated rings. The average Bonchev–Trinajstić information content (AvgIpc) is 2.35. The Morgan fingerprint density at radius 3 is 2.39 bits per heavy atom. The highest BCUT2D eigenvalue weighted by Crippen LogP contribution is 2.23. The fourth-order valence-corrected chi connectivity index (χ4v) is 3.20. The number of carbonyl (C=O) groups excluding carboxylic acids is 1. The lowest BCUT2D eigenvalue weighted by molar-refractivity contribution is -0.122. The summed E-state index contributed by atoms with van der Waals surface area (Å²) in [5, 5.41) is 3.36. The monoisotopic (exact) mass is 276 g/mol. The van der Waals surface area contributed by atoms with Crippen LogP contribution in [0.1, 0.15) is 39.0 Å². The molecule has 0 aromatic carbocycles. The van der Waals surface area contributed by atoms with Crippen LogP contribution >= 0.6 is 0 Å². The molecule has 1 rings (SSSR count). The second-order valence-electron chi connectivity index (χ2n) is 4.99. The van der Waals surface area contributed by atoms with Gasteiger partial charge in [0, 0.05) is 17.7 Å². The minimum Gasteiger partial charge on any atom is -0.369 e. The van der Waals surface area contributed by atoms with Gasteiger partial charge in [-0.3, -0.25) is 4.79 Å². The van der Waals surface area contributed by atoms with Gasteiger partial charge in [-0.2, -0.15) is 0 Å². The maximum atomic E-state index is 11.3. The van der Waals surface area contributed by atoms with Gasteiger partial charge in [0.15, 0.2) is 0 Å². The number of primary amides is 1. The fraction of sp³-hybridized carbons (Fsp3) is 0.917. The van der Waals surface area contributed by atoms with Gasteiger partial charge in [0.1, 0.15) is 9.84 Å². The molecule has 3 N–H and O–H groups in total. The van der Waals surface area contributed by atoms with E-state index in [1.807, 2.05) is 0 Å². The number of rotatable bonds is 7. The standard InChI is InChI=1S/C12H24N2O3S/c1-2-18(16,17)9-3-8-14-11-6-4-10(5-7-11)12(13)15/h10-11,14H,2-9H2,1H3,(H2,13,15). The summed E-state index contributed by atoms with van der Waals surface area (Å²) in [6.07, 6.45) is 4.26. The molecule has 6 heteroatoms. The Labute approximate surface area is 109 Å². The van der Waals surface area contributed by atoms with Crippen LogP contribution in [0.2, 0.25) is 0 Å². The van der Waals surface area contributed by atoms with Crippen LogP contribution < -0.4 is 11.1 Å². The van der Waals surface area contributed by atoms with Gasteiger partial charge in [0.25, 0.3) is 0 Å². The molecule has 0 radical (unpaired) electrons. The molecule has 1 aliphatic carbocycles. The van der Waals surface area contributed by atoms with Crippen molar-refractivity contribution in [3.63, 3.8) is 0 Å². The maximum absolute atomic E-state index is 11.3. The SMILES string of the molecule is CCS(=O)(=O)CCCNC1CCC(C(N)=O)CC1. The second-order valence-corrected chi connectivity index (χ2v) is 7.47. The van der Waals surface area contributed by atoms with E-state index >= 15 is 0 Å². The van der Waals surface area contributed by atoms with Crippen molar-refractivity contribution in [3.8, 4) is 0 Å². The van der Waals surface area contributed by atoms with Gasteiger partial charge >= 0.3 is 0 Å². The Kier molecular flexibility index (Phi) is 6.08. The lowest BCUT2D eigenvalue weighted by Gasteiger charge is -2.27. The molecule has 18 heavy (non-hydrogen) atoms. The van der Waals surface area contributed by atoms with Crippen LogP contribution in [0.3, 0.4) is 0 Å². The van der Waals surface area contributed by atoms with E-state index in [9.17, 15) is 13.2 Å². The first-order valence-electron chi connectivity index (χ1n) is 6.67. The Balaban J connectivity index is 2.13. The van der Waals surface area contributed by atoms with Crippen LogP contribution in [0.15, 0.2) is 0 Å². The second kappa shape index (κ2) is 7.09. The fourth-order valence-electron chi connectivity index (χ4n) is 2.32. The van der Waals surface area contributed by atoms with Crippen molar-refractivity contribution in [1.29, 1.82) is 0 Å². The van der Waals surface area contributed by atoms with E-state index in [2.05, 4.69) is 5.32 Å². The molecule has 0 saturated heterocycles.